The van der Waals surface area contributed by atoms with Crippen molar-refractivity contribution in [2.45, 2.75) is 32.6 Å². The van der Waals surface area contributed by atoms with Crippen molar-refractivity contribution in [3.8, 4) is 11.5 Å². The molecule has 0 fully saturated rings. The summed E-state index contributed by atoms with van der Waals surface area (Å²) in [6.45, 7) is 2.59. The van der Waals surface area contributed by atoms with Crippen molar-refractivity contribution in [3.63, 3.8) is 0 Å². The number of aromatic hydroxyl groups is 2. The van der Waals surface area contributed by atoms with Gasteiger partial charge in [0.05, 0.1) is 7.11 Å². The SMILES string of the molecule is CCCCCCNC(=O)c1sc(C(=O)OC)c(O)c1O. The van der Waals surface area contributed by atoms with Crippen LogP contribution in [0.3, 0.4) is 0 Å². The molecule has 1 rings (SSSR count). The Kier molecular flexibility index (Phi) is 6.30. The first-order valence-electron chi connectivity index (χ1n) is 6.44. The highest BCUT2D eigenvalue weighted by atomic mass is 32.1. The van der Waals surface area contributed by atoms with E-state index in [4.69, 9.17) is 0 Å². The summed E-state index contributed by atoms with van der Waals surface area (Å²) in [5, 5.41) is 21.9. The van der Waals surface area contributed by atoms with Gasteiger partial charge in [-0.3, -0.25) is 4.79 Å². The van der Waals surface area contributed by atoms with Crippen LogP contribution >= 0.6 is 11.3 Å². The fourth-order valence-electron chi connectivity index (χ4n) is 1.63. The molecule has 1 amide bonds. The van der Waals surface area contributed by atoms with Crippen LogP contribution in [0.5, 0.6) is 11.5 Å². The smallest absolute Gasteiger partial charge is 0.352 e. The van der Waals surface area contributed by atoms with Gasteiger partial charge in [0.1, 0.15) is 4.88 Å². The molecule has 0 aliphatic rings. The summed E-state index contributed by atoms with van der Waals surface area (Å²) in [5.41, 5.74) is 0. The lowest BCUT2D eigenvalue weighted by molar-refractivity contribution is 0.0602. The zero-order valence-electron chi connectivity index (χ0n) is 11.6. The molecule has 0 radical (unpaired) electrons. The Bertz CT molecular complexity index is 483. The lowest BCUT2D eigenvalue weighted by atomic mass is 10.2. The predicted octanol–water partition coefficient (Wildman–Crippen LogP) is 2.26. The number of carbonyl (C=O) groups excluding carboxylic acids is 2. The maximum atomic E-state index is 11.9. The van der Waals surface area contributed by atoms with Crippen molar-refractivity contribution in [3.05, 3.63) is 9.75 Å². The van der Waals surface area contributed by atoms with Crippen LogP contribution in [0.1, 0.15) is 52.0 Å². The van der Waals surface area contributed by atoms with Crippen LogP contribution in [0.15, 0.2) is 0 Å². The predicted molar refractivity (Wildman–Crippen MR) is 75.5 cm³/mol. The summed E-state index contributed by atoms with van der Waals surface area (Å²) in [7, 11) is 1.16. The second-order valence-corrected chi connectivity index (χ2v) is 5.29. The van der Waals surface area contributed by atoms with Gasteiger partial charge in [-0.1, -0.05) is 26.2 Å². The number of nitrogens with one attached hydrogen (secondary N) is 1. The topological polar surface area (TPSA) is 95.9 Å². The van der Waals surface area contributed by atoms with Gasteiger partial charge in [0, 0.05) is 6.54 Å². The number of amides is 1. The molecular formula is C13H19NO5S. The van der Waals surface area contributed by atoms with Gasteiger partial charge in [0.15, 0.2) is 16.4 Å². The number of esters is 1. The Hall–Kier alpha value is -1.76. The zero-order valence-corrected chi connectivity index (χ0v) is 12.4. The van der Waals surface area contributed by atoms with Gasteiger partial charge in [-0.15, -0.1) is 11.3 Å². The maximum Gasteiger partial charge on any atom is 0.352 e. The number of hydrogen-bond donors (Lipinski definition) is 3. The molecule has 112 valence electrons. The summed E-state index contributed by atoms with van der Waals surface area (Å²) in [4.78, 5) is 22.9. The van der Waals surface area contributed by atoms with E-state index in [1.165, 1.54) is 0 Å². The normalized spacial score (nSPS) is 10.3. The standard InChI is InChI=1S/C13H19NO5S/c1-3-4-5-6-7-14-12(17)10-8(15)9(16)11(20-10)13(18)19-2/h15-16H,3-7H2,1-2H3,(H,14,17). The van der Waals surface area contributed by atoms with E-state index in [1.54, 1.807) is 0 Å². The third-order valence-corrected chi connectivity index (χ3v) is 3.90. The average molecular weight is 301 g/mol. The van der Waals surface area contributed by atoms with Crippen molar-refractivity contribution >= 4 is 23.2 Å². The molecular weight excluding hydrogens is 282 g/mol. The van der Waals surface area contributed by atoms with E-state index in [9.17, 15) is 19.8 Å². The Balaban J connectivity index is 2.67. The fraction of sp³-hybridized carbons (Fsp3) is 0.538. The number of methoxy groups -OCH3 is 1. The first-order valence-corrected chi connectivity index (χ1v) is 7.25. The van der Waals surface area contributed by atoms with E-state index in [0.717, 1.165) is 32.8 Å². The first-order chi connectivity index (χ1) is 9.52. The summed E-state index contributed by atoms with van der Waals surface area (Å²) in [6, 6.07) is 0. The number of ether oxygens (including phenoxy) is 1. The molecule has 1 aromatic rings. The highest BCUT2D eigenvalue weighted by Crippen LogP contribution is 2.40. The fourth-order valence-corrected chi connectivity index (χ4v) is 2.56. The third-order valence-electron chi connectivity index (χ3n) is 2.75. The van der Waals surface area contributed by atoms with Crippen molar-refractivity contribution in [2.24, 2.45) is 0 Å². The Morgan fingerprint density at radius 1 is 1.15 bits per heavy atom. The molecule has 0 unspecified atom stereocenters. The Morgan fingerprint density at radius 2 is 1.80 bits per heavy atom. The molecule has 0 atom stereocenters. The Morgan fingerprint density at radius 3 is 2.40 bits per heavy atom. The summed E-state index contributed by atoms with van der Waals surface area (Å²) >= 11 is 0.709. The van der Waals surface area contributed by atoms with Gasteiger partial charge in [0.25, 0.3) is 5.91 Å². The van der Waals surface area contributed by atoms with Crippen LogP contribution in [0, 0.1) is 0 Å². The minimum Gasteiger partial charge on any atom is -0.503 e. The second kappa shape index (κ2) is 7.74. The number of thiophene rings is 1. The lowest BCUT2D eigenvalue weighted by Crippen LogP contribution is -2.23. The lowest BCUT2D eigenvalue weighted by Gasteiger charge is -2.03. The van der Waals surface area contributed by atoms with E-state index < -0.39 is 23.4 Å². The van der Waals surface area contributed by atoms with E-state index in [1.807, 2.05) is 0 Å². The van der Waals surface area contributed by atoms with Crippen molar-refractivity contribution < 1.29 is 24.5 Å². The Labute approximate surface area is 121 Å². The number of carbonyl (C=O) groups is 2. The molecule has 1 aromatic heterocycles. The van der Waals surface area contributed by atoms with E-state index >= 15 is 0 Å². The quantitative estimate of drug-likeness (QED) is 0.530. The zero-order chi connectivity index (χ0) is 15.1. The molecule has 6 nitrogen and oxygen atoms in total. The maximum absolute atomic E-state index is 11.9. The number of unbranched alkanes of at least 4 members (excludes halogenated alkanes) is 3. The summed E-state index contributed by atoms with van der Waals surface area (Å²) in [6.07, 6.45) is 4.08. The minimum absolute atomic E-state index is 0.0848. The monoisotopic (exact) mass is 301 g/mol. The molecule has 0 saturated carbocycles. The van der Waals surface area contributed by atoms with Crippen LogP contribution in [0.25, 0.3) is 0 Å². The van der Waals surface area contributed by atoms with Crippen molar-refractivity contribution in [2.75, 3.05) is 13.7 Å². The van der Waals surface area contributed by atoms with Gasteiger partial charge in [0.2, 0.25) is 0 Å². The molecule has 0 saturated heterocycles. The van der Waals surface area contributed by atoms with Crippen LogP contribution in [0.2, 0.25) is 0 Å². The van der Waals surface area contributed by atoms with Gasteiger partial charge in [-0.2, -0.15) is 0 Å². The van der Waals surface area contributed by atoms with Crippen LogP contribution in [-0.4, -0.2) is 35.7 Å². The second-order valence-electron chi connectivity index (χ2n) is 4.27. The molecule has 1 heterocycles. The van der Waals surface area contributed by atoms with E-state index in [0.29, 0.717) is 17.9 Å². The minimum atomic E-state index is -0.787. The van der Waals surface area contributed by atoms with Gasteiger partial charge in [-0.05, 0) is 6.42 Å². The largest absolute Gasteiger partial charge is 0.503 e. The van der Waals surface area contributed by atoms with Crippen LogP contribution < -0.4 is 5.32 Å². The van der Waals surface area contributed by atoms with Gasteiger partial charge in [-0.25, -0.2) is 4.79 Å². The summed E-state index contributed by atoms with van der Waals surface area (Å²) < 4.78 is 4.46. The van der Waals surface area contributed by atoms with E-state index in [-0.39, 0.29) is 9.75 Å². The molecule has 0 aliphatic carbocycles. The summed E-state index contributed by atoms with van der Waals surface area (Å²) in [5.74, 6) is -2.49. The van der Waals surface area contributed by atoms with Gasteiger partial charge >= 0.3 is 5.97 Å². The molecule has 20 heavy (non-hydrogen) atoms. The highest BCUT2D eigenvalue weighted by Gasteiger charge is 2.26. The highest BCUT2D eigenvalue weighted by molar-refractivity contribution is 7.16. The molecule has 3 N–H and O–H groups in total. The van der Waals surface area contributed by atoms with Crippen LogP contribution in [-0.2, 0) is 4.74 Å². The third kappa shape index (κ3) is 3.86. The van der Waals surface area contributed by atoms with Gasteiger partial charge < -0.3 is 20.3 Å². The molecule has 0 aromatic carbocycles. The number of rotatable bonds is 7. The average Bonchev–Trinajstić information content (AvgIpc) is 2.74. The molecule has 0 bridgehead atoms. The molecule has 0 aliphatic heterocycles. The van der Waals surface area contributed by atoms with Crippen LogP contribution in [0.4, 0.5) is 0 Å². The first kappa shape index (κ1) is 16.3. The molecule has 0 spiro atoms. The number of hydrogen-bond acceptors (Lipinski definition) is 6. The van der Waals surface area contributed by atoms with Crippen molar-refractivity contribution in [1.29, 1.82) is 0 Å². The van der Waals surface area contributed by atoms with Crippen molar-refractivity contribution in [1.82, 2.24) is 5.32 Å². The van der Waals surface area contributed by atoms with E-state index in [2.05, 4.69) is 17.0 Å². The molecule has 7 heteroatoms.